The van der Waals surface area contributed by atoms with Gasteiger partial charge in [-0.1, -0.05) is 54.1 Å². The summed E-state index contributed by atoms with van der Waals surface area (Å²) in [6.07, 6.45) is 0. The number of phenols is 1. The summed E-state index contributed by atoms with van der Waals surface area (Å²) in [6, 6.07) is 18.1. The highest BCUT2D eigenvalue weighted by molar-refractivity contribution is 9.10. The van der Waals surface area contributed by atoms with Gasteiger partial charge in [0.25, 0.3) is 0 Å². The minimum atomic E-state index is -0.557. The molecule has 3 aromatic carbocycles. The van der Waals surface area contributed by atoms with Crippen LogP contribution in [0.1, 0.15) is 0 Å². The van der Waals surface area contributed by atoms with Crippen LogP contribution in [0.15, 0.2) is 65.1 Å². The van der Waals surface area contributed by atoms with Crippen LogP contribution >= 0.6 is 27.5 Å². The normalized spacial score (nSPS) is 10.7. The summed E-state index contributed by atoms with van der Waals surface area (Å²) in [7, 11) is 0. The molecule has 0 unspecified atom stereocenters. The molecule has 0 aliphatic rings. The fourth-order valence-corrected chi connectivity index (χ4v) is 2.77. The Labute approximate surface area is 141 Å². The lowest BCUT2D eigenvalue weighted by molar-refractivity contribution is 0.477. The zero-order valence-corrected chi connectivity index (χ0v) is 13.7. The summed E-state index contributed by atoms with van der Waals surface area (Å²) in [5, 5.41) is 10.3. The highest BCUT2D eigenvalue weighted by Gasteiger charge is 2.15. The molecule has 0 heterocycles. The molecule has 22 heavy (non-hydrogen) atoms. The largest absolute Gasteiger partial charge is 0.507 e. The monoisotopic (exact) mass is 376 g/mol. The van der Waals surface area contributed by atoms with E-state index in [0.29, 0.717) is 10.0 Å². The molecular formula is C18H11BrClFO. The highest BCUT2D eigenvalue weighted by atomic mass is 79.9. The summed E-state index contributed by atoms with van der Waals surface area (Å²) in [6.45, 7) is 0. The number of aromatic hydroxyl groups is 1. The van der Waals surface area contributed by atoms with Gasteiger partial charge in [-0.25, -0.2) is 4.39 Å². The predicted molar refractivity (Wildman–Crippen MR) is 91.6 cm³/mol. The van der Waals surface area contributed by atoms with Gasteiger partial charge >= 0.3 is 0 Å². The summed E-state index contributed by atoms with van der Waals surface area (Å²) >= 11 is 9.09. The molecule has 4 heteroatoms. The second-order valence-corrected chi connectivity index (χ2v) is 6.05. The first-order chi connectivity index (χ1) is 10.6. The van der Waals surface area contributed by atoms with Gasteiger partial charge in [0.05, 0.1) is 5.02 Å². The summed E-state index contributed by atoms with van der Waals surface area (Å²) in [5.74, 6) is -0.544. The minimum Gasteiger partial charge on any atom is -0.507 e. The van der Waals surface area contributed by atoms with E-state index in [1.54, 1.807) is 24.3 Å². The van der Waals surface area contributed by atoms with E-state index >= 15 is 0 Å². The van der Waals surface area contributed by atoms with Crippen LogP contribution in [-0.2, 0) is 0 Å². The van der Waals surface area contributed by atoms with Crippen molar-refractivity contribution in [2.75, 3.05) is 0 Å². The highest BCUT2D eigenvalue weighted by Crippen LogP contribution is 2.38. The lowest BCUT2D eigenvalue weighted by Crippen LogP contribution is -1.88. The van der Waals surface area contributed by atoms with E-state index in [4.69, 9.17) is 11.6 Å². The van der Waals surface area contributed by atoms with Crippen molar-refractivity contribution >= 4 is 27.5 Å². The van der Waals surface area contributed by atoms with Crippen molar-refractivity contribution in [2.45, 2.75) is 0 Å². The molecule has 0 aliphatic heterocycles. The second kappa shape index (κ2) is 6.11. The van der Waals surface area contributed by atoms with Crippen molar-refractivity contribution in [1.82, 2.24) is 0 Å². The van der Waals surface area contributed by atoms with Crippen LogP contribution in [0, 0.1) is 5.82 Å². The Kier molecular flexibility index (Phi) is 4.19. The Bertz CT molecular complexity index is 834. The number of halogens is 3. The van der Waals surface area contributed by atoms with Crippen LogP contribution < -0.4 is 0 Å². The van der Waals surface area contributed by atoms with Gasteiger partial charge < -0.3 is 5.11 Å². The van der Waals surface area contributed by atoms with Crippen LogP contribution in [0.3, 0.4) is 0 Å². The zero-order chi connectivity index (χ0) is 15.7. The Balaban J connectivity index is 2.09. The van der Waals surface area contributed by atoms with Crippen LogP contribution in [-0.4, -0.2) is 5.11 Å². The third-order valence-electron chi connectivity index (χ3n) is 3.43. The molecule has 1 nitrogen and oxygen atoms in total. The molecule has 1 N–H and O–H groups in total. The quantitative estimate of drug-likeness (QED) is 0.521. The molecule has 0 fully saturated rings. The Morgan fingerprint density at radius 3 is 2.23 bits per heavy atom. The van der Waals surface area contributed by atoms with Crippen molar-refractivity contribution < 1.29 is 9.50 Å². The van der Waals surface area contributed by atoms with Gasteiger partial charge in [0.1, 0.15) is 5.75 Å². The minimum absolute atomic E-state index is 0.00374. The third kappa shape index (κ3) is 2.74. The van der Waals surface area contributed by atoms with E-state index in [0.717, 1.165) is 11.1 Å². The van der Waals surface area contributed by atoms with Gasteiger partial charge in [0.2, 0.25) is 0 Å². The molecule has 0 bridgehead atoms. The molecule has 0 saturated heterocycles. The molecule has 0 aliphatic carbocycles. The van der Waals surface area contributed by atoms with E-state index in [-0.39, 0.29) is 16.3 Å². The van der Waals surface area contributed by atoms with Crippen molar-refractivity contribution in [3.05, 3.63) is 76.0 Å². The first-order valence-electron chi connectivity index (χ1n) is 6.60. The average molecular weight is 378 g/mol. The number of hydrogen-bond donors (Lipinski definition) is 1. The molecule has 3 aromatic rings. The SMILES string of the molecule is Oc1cc(-c2ccccc2)ccc1-c1ccc(Br)c(Cl)c1F. The average Bonchev–Trinajstić information content (AvgIpc) is 2.54. The van der Waals surface area contributed by atoms with E-state index in [1.165, 1.54) is 0 Å². The number of hydrogen-bond acceptors (Lipinski definition) is 1. The van der Waals surface area contributed by atoms with Crippen LogP contribution in [0.4, 0.5) is 4.39 Å². The Hall–Kier alpha value is -1.84. The standard InChI is InChI=1S/C18H11BrClFO/c19-15-9-8-14(18(21)17(15)20)13-7-6-12(10-16(13)22)11-4-2-1-3-5-11/h1-10,22H. The maximum absolute atomic E-state index is 14.3. The third-order valence-corrected chi connectivity index (χ3v) is 4.69. The number of rotatable bonds is 2. The van der Waals surface area contributed by atoms with E-state index in [1.807, 2.05) is 36.4 Å². The first-order valence-corrected chi connectivity index (χ1v) is 7.77. The fourth-order valence-electron chi connectivity index (χ4n) is 2.30. The lowest BCUT2D eigenvalue weighted by Gasteiger charge is -2.10. The predicted octanol–water partition coefficient (Wildman–Crippen LogP) is 6.28. The zero-order valence-electron chi connectivity index (χ0n) is 11.4. The molecule has 0 spiro atoms. The fraction of sp³-hybridized carbons (Fsp3) is 0. The topological polar surface area (TPSA) is 20.2 Å². The van der Waals surface area contributed by atoms with Gasteiger partial charge in [-0.3, -0.25) is 0 Å². The molecule has 0 aromatic heterocycles. The van der Waals surface area contributed by atoms with Gasteiger partial charge in [0.15, 0.2) is 5.82 Å². The maximum Gasteiger partial charge on any atom is 0.150 e. The maximum atomic E-state index is 14.3. The summed E-state index contributed by atoms with van der Waals surface area (Å²) in [5.41, 5.74) is 2.53. The molecule has 0 saturated carbocycles. The van der Waals surface area contributed by atoms with Crippen molar-refractivity contribution in [3.8, 4) is 28.0 Å². The molecule has 0 radical (unpaired) electrons. The van der Waals surface area contributed by atoms with E-state index < -0.39 is 5.82 Å². The van der Waals surface area contributed by atoms with Crippen molar-refractivity contribution in [1.29, 1.82) is 0 Å². The Morgan fingerprint density at radius 2 is 1.55 bits per heavy atom. The van der Waals surface area contributed by atoms with Gasteiger partial charge in [0, 0.05) is 15.6 Å². The van der Waals surface area contributed by atoms with Gasteiger partial charge in [-0.05, 0) is 45.3 Å². The number of phenolic OH excluding ortho intramolecular Hbond substituents is 1. The Morgan fingerprint density at radius 1 is 0.864 bits per heavy atom. The molecular weight excluding hydrogens is 367 g/mol. The van der Waals surface area contributed by atoms with Crippen LogP contribution in [0.5, 0.6) is 5.75 Å². The molecule has 3 rings (SSSR count). The van der Waals surface area contributed by atoms with Crippen LogP contribution in [0.2, 0.25) is 5.02 Å². The van der Waals surface area contributed by atoms with E-state index in [2.05, 4.69) is 15.9 Å². The van der Waals surface area contributed by atoms with Crippen molar-refractivity contribution in [3.63, 3.8) is 0 Å². The lowest BCUT2D eigenvalue weighted by atomic mass is 9.99. The first kappa shape index (κ1) is 15.1. The second-order valence-electron chi connectivity index (χ2n) is 4.82. The smallest absolute Gasteiger partial charge is 0.150 e. The molecule has 0 amide bonds. The van der Waals surface area contributed by atoms with Crippen molar-refractivity contribution in [2.24, 2.45) is 0 Å². The number of benzene rings is 3. The molecule has 0 atom stereocenters. The molecule has 110 valence electrons. The van der Waals surface area contributed by atoms with E-state index in [9.17, 15) is 9.50 Å². The van der Waals surface area contributed by atoms with Gasteiger partial charge in [-0.2, -0.15) is 0 Å². The summed E-state index contributed by atoms with van der Waals surface area (Å²) < 4.78 is 14.8. The van der Waals surface area contributed by atoms with Crippen LogP contribution in [0.25, 0.3) is 22.3 Å². The van der Waals surface area contributed by atoms with Gasteiger partial charge in [-0.15, -0.1) is 0 Å². The summed E-state index contributed by atoms with van der Waals surface area (Å²) in [4.78, 5) is 0.